The fraction of sp³-hybridized carbons (Fsp3) is 0.550. The van der Waals surface area contributed by atoms with E-state index in [4.69, 9.17) is 9.15 Å². The SMILES string of the molecule is CC/C(=C\F)COc1ccc2nc(C3CCC(C)(C)CC3)oc2c1. The van der Waals surface area contributed by atoms with Crippen molar-refractivity contribution in [2.45, 2.75) is 58.8 Å². The van der Waals surface area contributed by atoms with Gasteiger partial charge in [-0.05, 0) is 55.2 Å². The highest BCUT2D eigenvalue weighted by molar-refractivity contribution is 5.74. The van der Waals surface area contributed by atoms with Crippen molar-refractivity contribution in [1.82, 2.24) is 4.98 Å². The van der Waals surface area contributed by atoms with Crippen LogP contribution in [0.1, 0.15) is 64.7 Å². The third kappa shape index (κ3) is 3.80. The molecule has 1 aromatic carbocycles. The lowest BCUT2D eigenvalue weighted by Gasteiger charge is -2.32. The quantitative estimate of drug-likeness (QED) is 0.658. The van der Waals surface area contributed by atoms with Crippen molar-refractivity contribution in [3.8, 4) is 5.75 Å². The highest BCUT2D eigenvalue weighted by Crippen LogP contribution is 2.42. The number of aromatic nitrogens is 1. The molecule has 4 heteroatoms. The van der Waals surface area contributed by atoms with E-state index in [0.717, 1.165) is 29.8 Å². The molecule has 0 bridgehead atoms. The van der Waals surface area contributed by atoms with E-state index in [1.54, 1.807) is 0 Å². The summed E-state index contributed by atoms with van der Waals surface area (Å²) in [6.07, 6.45) is 5.94. The maximum Gasteiger partial charge on any atom is 0.198 e. The molecule has 0 atom stereocenters. The van der Waals surface area contributed by atoms with E-state index in [2.05, 4.69) is 18.8 Å². The summed E-state index contributed by atoms with van der Waals surface area (Å²) < 4.78 is 24.2. The zero-order chi connectivity index (χ0) is 17.2. The molecule has 0 saturated heterocycles. The van der Waals surface area contributed by atoms with Crippen LogP contribution >= 0.6 is 0 Å². The Morgan fingerprint density at radius 2 is 2.12 bits per heavy atom. The number of rotatable bonds is 5. The zero-order valence-electron chi connectivity index (χ0n) is 14.8. The van der Waals surface area contributed by atoms with E-state index in [0.29, 0.717) is 35.4 Å². The maximum atomic E-state index is 12.6. The molecular formula is C20H26FNO2. The number of ether oxygens (including phenoxy) is 1. The topological polar surface area (TPSA) is 35.3 Å². The van der Waals surface area contributed by atoms with Gasteiger partial charge in [0.2, 0.25) is 0 Å². The van der Waals surface area contributed by atoms with Crippen molar-refractivity contribution >= 4 is 11.1 Å². The molecule has 24 heavy (non-hydrogen) atoms. The summed E-state index contributed by atoms with van der Waals surface area (Å²) in [4.78, 5) is 4.66. The molecule has 1 fully saturated rings. The highest BCUT2D eigenvalue weighted by Gasteiger charge is 2.30. The second-order valence-corrected chi connectivity index (χ2v) is 7.53. The average Bonchev–Trinajstić information content (AvgIpc) is 2.99. The van der Waals surface area contributed by atoms with E-state index in [1.807, 2.05) is 25.1 Å². The molecule has 130 valence electrons. The summed E-state index contributed by atoms with van der Waals surface area (Å²) in [5, 5.41) is 0. The Balaban J connectivity index is 1.72. The van der Waals surface area contributed by atoms with Gasteiger partial charge in [0.25, 0.3) is 0 Å². The van der Waals surface area contributed by atoms with Gasteiger partial charge in [-0.2, -0.15) is 0 Å². The summed E-state index contributed by atoms with van der Waals surface area (Å²) in [7, 11) is 0. The molecule has 0 unspecified atom stereocenters. The van der Waals surface area contributed by atoms with Crippen LogP contribution in [0.5, 0.6) is 5.75 Å². The van der Waals surface area contributed by atoms with Gasteiger partial charge in [-0.15, -0.1) is 0 Å². The molecule has 0 radical (unpaired) electrons. The second-order valence-electron chi connectivity index (χ2n) is 7.53. The van der Waals surface area contributed by atoms with Crippen LogP contribution in [-0.4, -0.2) is 11.6 Å². The first kappa shape index (κ1) is 17.0. The van der Waals surface area contributed by atoms with Crippen LogP contribution in [-0.2, 0) is 0 Å². The van der Waals surface area contributed by atoms with Gasteiger partial charge in [-0.3, -0.25) is 0 Å². The van der Waals surface area contributed by atoms with Crippen molar-refractivity contribution in [3.05, 3.63) is 36.0 Å². The molecule has 3 rings (SSSR count). The Morgan fingerprint density at radius 3 is 2.79 bits per heavy atom. The van der Waals surface area contributed by atoms with E-state index >= 15 is 0 Å². The van der Waals surface area contributed by atoms with Gasteiger partial charge < -0.3 is 9.15 Å². The molecule has 1 heterocycles. The van der Waals surface area contributed by atoms with Crippen LogP contribution < -0.4 is 4.74 Å². The summed E-state index contributed by atoms with van der Waals surface area (Å²) in [5.74, 6) is 1.94. The minimum absolute atomic E-state index is 0.261. The van der Waals surface area contributed by atoms with Crippen LogP contribution in [0.4, 0.5) is 4.39 Å². The molecule has 0 spiro atoms. The molecule has 3 nitrogen and oxygen atoms in total. The van der Waals surface area contributed by atoms with Crippen molar-refractivity contribution in [3.63, 3.8) is 0 Å². The van der Waals surface area contributed by atoms with E-state index < -0.39 is 0 Å². The summed E-state index contributed by atoms with van der Waals surface area (Å²) in [6.45, 7) is 6.83. The first-order chi connectivity index (χ1) is 11.5. The smallest absolute Gasteiger partial charge is 0.198 e. The average molecular weight is 331 g/mol. The number of nitrogens with zero attached hydrogens (tertiary/aromatic N) is 1. The lowest BCUT2D eigenvalue weighted by molar-refractivity contribution is 0.210. The Morgan fingerprint density at radius 1 is 1.38 bits per heavy atom. The predicted molar refractivity (Wildman–Crippen MR) is 94.0 cm³/mol. The van der Waals surface area contributed by atoms with E-state index in [1.165, 1.54) is 12.8 Å². The molecular weight excluding hydrogens is 305 g/mol. The number of hydrogen-bond acceptors (Lipinski definition) is 3. The molecule has 2 aromatic rings. The van der Waals surface area contributed by atoms with Crippen molar-refractivity contribution in [2.24, 2.45) is 5.41 Å². The third-order valence-electron chi connectivity index (χ3n) is 5.10. The van der Waals surface area contributed by atoms with Gasteiger partial charge in [-0.1, -0.05) is 20.8 Å². The van der Waals surface area contributed by atoms with Gasteiger partial charge in [0.1, 0.15) is 17.9 Å². The van der Waals surface area contributed by atoms with Crippen LogP contribution in [0.2, 0.25) is 0 Å². The zero-order valence-corrected chi connectivity index (χ0v) is 14.8. The Labute approximate surface area is 142 Å². The maximum absolute atomic E-state index is 12.6. The fourth-order valence-electron chi connectivity index (χ4n) is 3.22. The molecule has 1 aromatic heterocycles. The van der Waals surface area contributed by atoms with Crippen molar-refractivity contribution in [1.29, 1.82) is 0 Å². The van der Waals surface area contributed by atoms with Gasteiger partial charge in [0.05, 0.1) is 6.33 Å². The standard InChI is InChI=1S/C20H26FNO2/c1-4-14(12-21)13-23-16-5-6-17-18(11-16)24-19(22-17)15-7-9-20(2,3)10-8-15/h5-6,11-12,15H,4,7-10,13H2,1-3H3/b14-12+. The first-order valence-electron chi connectivity index (χ1n) is 8.82. The van der Waals surface area contributed by atoms with Gasteiger partial charge >= 0.3 is 0 Å². The predicted octanol–water partition coefficient (Wildman–Crippen LogP) is 6.15. The molecule has 1 aliphatic carbocycles. The molecule has 0 aliphatic heterocycles. The summed E-state index contributed by atoms with van der Waals surface area (Å²) in [5.41, 5.74) is 2.68. The van der Waals surface area contributed by atoms with Crippen molar-refractivity contribution in [2.75, 3.05) is 6.61 Å². The van der Waals surface area contributed by atoms with Crippen LogP contribution in [0.3, 0.4) is 0 Å². The normalized spacial score (nSPS) is 18.9. The largest absolute Gasteiger partial charge is 0.489 e. The first-order valence-corrected chi connectivity index (χ1v) is 8.82. The van der Waals surface area contributed by atoms with Gasteiger partial charge in [-0.25, -0.2) is 9.37 Å². The molecule has 0 amide bonds. The molecule has 1 saturated carbocycles. The van der Waals surface area contributed by atoms with Crippen molar-refractivity contribution < 1.29 is 13.5 Å². The number of hydrogen-bond donors (Lipinski definition) is 0. The third-order valence-corrected chi connectivity index (χ3v) is 5.10. The van der Waals surface area contributed by atoms with Gasteiger partial charge in [0, 0.05) is 12.0 Å². The van der Waals surface area contributed by atoms with Crippen LogP contribution in [0.25, 0.3) is 11.1 Å². The fourth-order valence-corrected chi connectivity index (χ4v) is 3.22. The minimum atomic E-state index is 0.261. The highest BCUT2D eigenvalue weighted by atomic mass is 19.1. The number of oxazole rings is 1. The Hall–Kier alpha value is -1.84. The second kappa shape index (κ2) is 6.96. The monoisotopic (exact) mass is 331 g/mol. The Kier molecular flexibility index (Phi) is 4.93. The number of fused-ring (bicyclic) bond motifs is 1. The van der Waals surface area contributed by atoms with Crippen LogP contribution in [0.15, 0.2) is 34.5 Å². The van der Waals surface area contributed by atoms with E-state index in [-0.39, 0.29) is 6.61 Å². The minimum Gasteiger partial charge on any atom is -0.489 e. The van der Waals surface area contributed by atoms with Crippen LogP contribution in [0, 0.1) is 5.41 Å². The summed E-state index contributed by atoms with van der Waals surface area (Å²) >= 11 is 0. The lowest BCUT2D eigenvalue weighted by atomic mass is 9.73. The van der Waals surface area contributed by atoms with E-state index in [9.17, 15) is 4.39 Å². The molecule has 1 aliphatic rings. The van der Waals surface area contributed by atoms with Gasteiger partial charge in [0.15, 0.2) is 11.5 Å². The number of halogens is 1. The molecule has 0 N–H and O–H groups in total. The summed E-state index contributed by atoms with van der Waals surface area (Å²) in [6, 6.07) is 5.63. The number of benzene rings is 1. The lowest BCUT2D eigenvalue weighted by Crippen LogP contribution is -2.20. The Bertz CT molecular complexity index is 722.